The van der Waals surface area contributed by atoms with E-state index in [2.05, 4.69) is 67.0 Å². The fourth-order valence-electron chi connectivity index (χ4n) is 4.96. The minimum atomic E-state index is -0.457. The Kier molecular flexibility index (Phi) is 6.12. The molecule has 1 aromatic carbocycles. The fraction of sp³-hybridized carbons (Fsp3) is 0.619. The smallest absolute Gasteiger partial charge is 0.338 e. The molecule has 1 aromatic rings. The number of halogens is 3. The van der Waals surface area contributed by atoms with Crippen molar-refractivity contribution in [3.63, 3.8) is 0 Å². The molecule has 0 aromatic heterocycles. The summed E-state index contributed by atoms with van der Waals surface area (Å²) in [6, 6.07) is 6.91. The van der Waals surface area contributed by atoms with Crippen LogP contribution >= 0.6 is 47.8 Å². The number of alkyl halides is 3. The van der Waals surface area contributed by atoms with Crippen LogP contribution < -0.4 is 5.32 Å². The molecule has 3 atom stereocenters. The van der Waals surface area contributed by atoms with Crippen LogP contribution in [0.1, 0.15) is 50.9 Å². The zero-order chi connectivity index (χ0) is 20.9. The van der Waals surface area contributed by atoms with Crippen molar-refractivity contribution in [2.75, 3.05) is 11.9 Å². The third kappa shape index (κ3) is 3.02. The zero-order valence-corrected chi connectivity index (χ0v) is 21.3. The first-order chi connectivity index (χ1) is 13.0. The molecule has 7 heteroatoms. The maximum atomic E-state index is 13.3. The number of hydrogen-bond acceptors (Lipinski definition) is 3. The summed E-state index contributed by atoms with van der Waals surface area (Å²) in [5.74, 6) is -0.0164. The molecule has 3 fully saturated rings. The average molecular weight is 580 g/mol. The molecule has 28 heavy (non-hydrogen) atoms. The van der Waals surface area contributed by atoms with E-state index in [-0.39, 0.29) is 31.3 Å². The van der Waals surface area contributed by atoms with E-state index in [0.29, 0.717) is 23.8 Å². The maximum absolute atomic E-state index is 13.3. The van der Waals surface area contributed by atoms with Crippen molar-refractivity contribution < 1.29 is 14.3 Å². The number of anilines is 1. The van der Waals surface area contributed by atoms with Crippen molar-refractivity contribution in [3.8, 4) is 0 Å². The first kappa shape index (κ1) is 22.3. The van der Waals surface area contributed by atoms with E-state index in [4.69, 9.17) is 4.74 Å². The van der Waals surface area contributed by atoms with E-state index in [1.165, 1.54) is 0 Å². The van der Waals surface area contributed by atoms with Crippen LogP contribution in [0.5, 0.6) is 0 Å². The summed E-state index contributed by atoms with van der Waals surface area (Å²) in [5, 5.41) is 3.07. The predicted octanol–water partition coefficient (Wildman–Crippen LogP) is 6.12. The van der Waals surface area contributed by atoms with Gasteiger partial charge in [0.1, 0.15) is 0 Å². The molecular formula is C21H26Br3NO3. The quantitative estimate of drug-likeness (QED) is 0.326. The summed E-state index contributed by atoms with van der Waals surface area (Å²) in [7, 11) is 0. The fourth-order valence-corrected chi connectivity index (χ4v) is 9.87. The van der Waals surface area contributed by atoms with E-state index >= 15 is 0 Å². The van der Waals surface area contributed by atoms with Crippen molar-refractivity contribution in [1.29, 1.82) is 0 Å². The minimum Gasteiger partial charge on any atom is -0.462 e. The molecule has 3 unspecified atom stereocenters. The van der Waals surface area contributed by atoms with Gasteiger partial charge in [0.05, 0.1) is 21.3 Å². The Morgan fingerprint density at radius 3 is 2.25 bits per heavy atom. The first-order valence-electron chi connectivity index (χ1n) is 9.51. The Balaban J connectivity index is 1.72. The van der Waals surface area contributed by atoms with Gasteiger partial charge in [0, 0.05) is 15.9 Å². The Labute approximate surface area is 191 Å². The van der Waals surface area contributed by atoms with E-state index in [0.717, 1.165) is 12.8 Å². The van der Waals surface area contributed by atoms with Crippen LogP contribution in [0, 0.1) is 22.2 Å². The number of carbonyl (C=O) groups excluding carboxylic acids is 2. The van der Waals surface area contributed by atoms with E-state index in [1.54, 1.807) is 24.3 Å². The summed E-state index contributed by atoms with van der Waals surface area (Å²) < 4.78 is 5.39. The molecule has 1 N–H and O–H groups in total. The molecule has 3 aliphatic carbocycles. The van der Waals surface area contributed by atoms with Gasteiger partial charge in [-0.05, 0) is 48.4 Å². The lowest BCUT2D eigenvalue weighted by Gasteiger charge is -2.66. The van der Waals surface area contributed by atoms with Crippen LogP contribution in [-0.2, 0) is 9.53 Å². The number of ether oxygens (including phenoxy) is 1. The lowest BCUT2D eigenvalue weighted by atomic mass is 9.43. The Morgan fingerprint density at radius 2 is 1.79 bits per heavy atom. The van der Waals surface area contributed by atoms with Gasteiger partial charge < -0.3 is 10.1 Å². The molecule has 4 nitrogen and oxygen atoms in total. The monoisotopic (exact) mass is 577 g/mol. The average Bonchev–Trinajstić information content (AvgIpc) is 3.10. The first-order valence-corrected chi connectivity index (χ1v) is 12.3. The van der Waals surface area contributed by atoms with Crippen LogP contribution in [0.4, 0.5) is 5.69 Å². The number of esters is 1. The number of rotatable bonds is 6. The number of fused-ring (bicyclic) bond motifs is 1. The molecule has 0 saturated heterocycles. The molecule has 0 spiro atoms. The van der Waals surface area contributed by atoms with Crippen LogP contribution in [0.2, 0.25) is 0 Å². The van der Waals surface area contributed by atoms with Gasteiger partial charge in [-0.2, -0.15) is 0 Å². The van der Waals surface area contributed by atoms with Gasteiger partial charge in [-0.1, -0.05) is 75.5 Å². The molecule has 4 rings (SSSR count). The SMILES string of the molecule is CC(C)COC(=O)c1ccc(NC(=O)C23CCC(C(Br)Br)(C2Br)C3(C)C)cc1. The normalized spacial score (nSPS) is 30.2. The number of amides is 1. The van der Waals surface area contributed by atoms with Gasteiger partial charge in [0.2, 0.25) is 5.91 Å². The maximum Gasteiger partial charge on any atom is 0.338 e. The van der Waals surface area contributed by atoms with Gasteiger partial charge in [0.15, 0.2) is 0 Å². The molecule has 0 radical (unpaired) electrons. The Hall–Kier alpha value is -0.400. The third-order valence-corrected chi connectivity index (χ3v) is 10.1. The lowest BCUT2D eigenvalue weighted by Crippen LogP contribution is -2.71. The van der Waals surface area contributed by atoms with Crippen molar-refractivity contribution in [2.45, 2.75) is 49.1 Å². The topological polar surface area (TPSA) is 55.4 Å². The summed E-state index contributed by atoms with van der Waals surface area (Å²) in [4.78, 5) is 25.4. The molecule has 1 amide bonds. The van der Waals surface area contributed by atoms with Crippen LogP contribution in [0.3, 0.4) is 0 Å². The highest BCUT2D eigenvalue weighted by atomic mass is 79.9. The van der Waals surface area contributed by atoms with E-state index in [1.807, 2.05) is 13.8 Å². The second-order valence-electron chi connectivity index (χ2n) is 8.82. The van der Waals surface area contributed by atoms with E-state index < -0.39 is 5.41 Å². The highest BCUT2D eigenvalue weighted by molar-refractivity contribution is 9.24. The van der Waals surface area contributed by atoms with Crippen molar-refractivity contribution in [1.82, 2.24) is 0 Å². The number of carbonyl (C=O) groups is 2. The van der Waals surface area contributed by atoms with E-state index in [9.17, 15) is 9.59 Å². The summed E-state index contributed by atoms with van der Waals surface area (Å²) in [5.41, 5.74) is 0.557. The second kappa shape index (κ2) is 7.69. The molecule has 0 heterocycles. The van der Waals surface area contributed by atoms with Gasteiger partial charge in [0.25, 0.3) is 0 Å². The second-order valence-corrected chi connectivity index (χ2v) is 12.8. The predicted molar refractivity (Wildman–Crippen MR) is 122 cm³/mol. The van der Waals surface area contributed by atoms with Crippen molar-refractivity contribution in [2.24, 2.45) is 22.2 Å². The largest absolute Gasteiger partial charge is 0.462 e. The lowest BCUT2D eigenvalue weighted by molar-refractivity contribution is -0.155. The van der Waals surface area contributed by atoms with Crippen molar-refractivity contribution in [3.05, 3.63) is 29.8 Å². The number of hydrogen-bond donors (Lipinski definition) is 1. The third-order valence-electron chi connectivity index (χ3n) is 6.82. The zero-order valence-electron chi connectivity index (χ0n) is 16.5. The number of benzene rings is 1. The van der Waals surface area contributed by atoms with Gasteiger partial charge in [-0.25, -0.2) is 4.79 Å². The summed E-state index contributed by atoms with van der Waals surface area (Å²) >= 11 is 11.2. The molecule has 154 valence electrons. The highest BCUT2D eigenvalue weighted by Crippen LogP contribution is 2.82. The van der Waals surface area contributed by atoms with Gasteiger partial charge in [-0.3, -0.25) is 4.79 Å². The number of nitrogens with one attached hydrogen (secondary N) is 1. The molecule has 3 aliphatic rings. The molecule has 3 saturated carbocycles. The van der Waals surface area contributed by atoms with Crippen molar-refractivity contribution >= 4 is 65.4 Å². The Bertz CT molecular complexity index is 778. The van der Waals surface area contributed by atoms with Crippen LogP contribution in [0.15, 0.2) is 24.3 Å². The molecule has 2 bridgehead atoms. The van der Waals surface area contributed by atoms with Crippen LogP contribution in [-0.4, -0.2) is 27.0 Å². The van der Waals surface area contributed by atoms with Gasteiger partial charge in [-0.15, -0.1) is 0 Å². The Morgan fingerprint density at radius 1 is 1.18 bits per heavy atom. The standard InChI is InChI=1S/C21H26Br3NO3/c1-12(2)11-28-15(26)13-5-7-14(8-6-13)25-18(27)21-10-9-20(16(21)22,17(23)24)19(21,3)4/h5-8,12,16-17H,9-11H2,1-4H3,(H,25,27). The van der Waals surface area contributed by atoms with Crippen LogP contribution in [0.25, 0.3) is 0 Å². The summed E-state index contributed by atoms with van der Waals surface area (Å²) in [6.45, 7) is 8.75. The highest BCUT2D eigenvalue weighted by Gasteiger charge is 2.83. The van der Waals surface area contributed by atoms with Gasteiger partial charge >= 0.3 is 5.97 Å². The molecule has 0 aliphatic heterocycles. The molecular weight excluding hydrogens is 554 g/mol. The minimum absolute atomic E-state index is 0.00559. The summed E-state index contributed by atoms with van der Waals surface area (Å²) in [6.07, 6.45) is 1.82.